The van der Waals surface area contributed by atoms with E-state index < -0.39 is 12.0 Å². The molecule has 0 aliphatic heterocycles. The number of nitrogens with zero attached hydrogens (tertiary/aromatic N) is 1. The highest BCUT2D eigenvalue weighted by Crippen LogP contribution is 2.26. The molecule has 2 N–H and O–H groups in total. The number of ether oxygens (including phenoxy) is 1. The molecule has 1 aromatic heterocycles. The van der Waals surface area contributed by atoms with Gasteiger partial charge in [-0.15, -0.1) is 11.3 Å². The second kappa shape index (κ2) is 8.08. The fraction of sp³-hybridized carbons (Fsp3) is 0.500. The fourth-order valence-electron chi connectivity index (χ4n) is 1.53. The van der Waals surface area contributed by atoms with Crippen LogP contribution in [-0.4, -0.2) is 48.8 Å². The maximum absolute atomic E-state index is 12.0. The Bertz CT molecular complexity index is 466. The van der Waals surface area contributed by atoms with Crippen LogP contribution in [0.4, 0.5) is 4.79 Å². The normalized spacial score (nSPS) is 11.9. The number of nitrogens with one attached hydrogen (secondary N) is 1. The van der Waals surface area contributed by atoms with Gasteiger partial charge in [0.1, 0.15) is 6.54 Å². The van der Waals surface area contributed by atoms with Crippen LogP contribution in [0.25, 0.3) is 0 Å². The van der Waals surface area contributed by atoms with E-state index >= 15 is 0 Å². The molecule has 112 valence electrons. The standard InChI is InChI=1S/C12H17ClN2O4S/c1-8(9-3-4-10(13)20-9)14-12(18)15(5-6-19-2)7-11(16)17/h3-4,8H,5-7H2,1-2H3,(H,14,18)(H,16,17). The minimum Gasteiger partial charge on any atom is -0.480 e. The lowest BCUT2D eigenvalue weighted by atomic mass is 10.3. The number of rotatable bonds is 7. The first-order chi connectivity index (χ1) is 9.43. The van der Waals surface area contributed by atoms with Crippen LogP contribution in [0.1, 0.15) is 17.8 Å². The molecule has 0 saturated heterocycles. The molecule has 0 aliphatic carbocycles. The summed E-state index contributed by atoms with van der Waals surface area (Å²) in [5.41, 5.74) is 0. The van der Waals surface area contributed by atoms with Crippen LogP contribution in [0.2, 0.25) is 4.34 Å². The highest BCUT2D eigenvalue weighted by molar-refractivity contribution is 7.16. The lowest BCUT2D eigenvalue weighted by molar-refractivity contribution is -0.137. The van der Waals surface area contributed by atoms with E-state index in [1.807, 2.05) is 13.0 Å². The summed E-state index contributed by atoms with van der Waals surface area (Å²) in [5.74, 6) is -1.07. The largest absolute Gasteiger partial charge is 0.480 e. The van der Waals surface area contributed by atoms with Crippen LogP contribution in [0, 0.1) is 0 Å². The van der Waals surface area contributed by atoms with Gasteiger partial charge in [-0.3, -0.25) is 4.79 Å². The molecule has 6 nitrogen and oxygen atoms in total. The average molecular weight is 321 g/mol. The molecule has 0 radical (unpaired) electrons. The smallest absolute Gasteiger partial charge is 0.323 e. The third kappa shape index (κ3) is 5.36. The number of aliphatic carboxylic acids is 1. The first-order valence-corrected chi connectivity index (χ1v) is 7.15. The molecule has 1 atom stereocenters. The third-order valence-corrected chi connectivity index (χ3v) is 3.95. The van der Waals surface area contributed by atoms with Gasteiger partial charge in [-0.05, 0) is 19.1 Å². The van der Waals surface area contributed by atoms with Gasteiger partial charge in [-0.2, -0.15) is 0 Å². The van der Waals surface area contributed by atoms with Crippen LogP contribution >= 0.6 is 22.9 Å². The molecule has 8 heteroatoms. The summed E-state index contributed by atoms with van der Waals surface area (Å²) < 4.78 is 5.51. The molecule has 1 aromatic rings. The maximum Gasteiger partial charge on any atom is 0.323 e. The van der Waals surface area contributed by atoms with Crippen molar-refractivity contribution in [3.8, 4) is 0 Å². The van der Waals surface area contributed by atoms with Gasteiger partial charge < -0.3 is 20.1 Å². The Morgan fingerprint density at radius 1 is 1.55 bits per heavy atom. The quantitative estimate of drug-likeness (QED) is 0.807. The second-order valence-electron chi connectivity index (χ2n) is 4.12. The molecular weight excluding hydrogens is 304 g/mol. The Hall–Kier alpha value is -1.31. The molecule has 20 heavy (non-hydrogen) atoms. The molecule has 0 aromatic carbocycles. The SMILES string of the molecule is COCCN(CC(=O)O)C(=O)NC(C)c1ccc(Cl)s1. The molecule has 0 bridgehead atoms. The lowest BCUT2D eigenvalue weighted by Gasteiger charge is -2.23. The maximum atomic E-state index is 12.0. The van der Waals surface area contributed by atoms with Gasteiger partial charge in [-0.25, -0.2) is 4.79 Å². The molecule has 0 aliphatic rings. The number of carbonyl (C=O) groups is 2. The van der Waals surface area contributed by atoms with E-state index in [1.54, 1.807) is 6.07 Å². The number of carboxylic acid groups (broad SMARTS) is 1. The number of amides is 2. The predicted molar refractivity (Wildman–Crippen MR) is 77.4 cm³/mol. The van der Waals surface area contributed by atoms with Crippen LogP contribution in [0.3, 0.4) is 0 Å². The summed E-state index contributed by atoms with van der Waals surface area (Å²) in [7, 11) is 1.49. The van der Waals surface area contributed by atoms with E-state index in [1.165, 1.54) is 23.3 Å². The number of hydrogen-bond acceptors (Lipinski definition) is 4. The minimum atomic E-state index is -1.07. The Balaban J connectivity index is 2.62. The van der Waals surface area contributed by atoms with E-state index in [0.717, 1.165) is 4.88 Å². The predicted octanol–water partition coefficient (Wildman–Crippen LogP) is 2.21. The van der Waals surface area contributed by atoms with Gasteiger partial charge in [0.2, 0.25) is 0 Å². The van der Waals surface area contributed by atoms with Crippen molar-refractivity contribution < 1.29 is 19.4 Å². The monoisotopic (exact) mass is 320 g/mol. The number of carboxylic acids is 1. The summed E-state index contributed by atoms with van der Waals surface area (Å²) >= 11 is 7.21. The van der Waals surface area contributed by atoms with Crippen molar-refractivity contribution in [3.05, 3.63) is 21.3 Å². The summed E-state index contributed by atoms with van der Waals surface area (Å²) in [4.78, 5) is 24.9. The van der Waals surface area contributed by atoms with Crippen LogP contribution in [-0.2, 0) is 9.53 Å². The molecule has 2 amide bonds. The molecule has 1 rings (SSSR count). The van der Waals surface area contributed by atoms with Crippen LogP contribution in [0.15, 0.2) is 12.1 Å². The van der Waals surface area contributed by atoms with E-state index in [9.17, 15) is 9.59 Å². The number of methoxy groups -OCH3 is 1. The molecule has 1 unspecified atom stereocenters. The van der Waals surface area contributed by atoms with Gasteiger partial charge in [0.05, 0.1) is 17.0 Å². The third-order valence-electron chi connectivity index (χ3n) is 2.54. The Morgan fingerprint density at radius 2 is 2.25 bits per heavy atom. The van der Waals surface area contributed by atoms with Gasteiger partial charge in [0.15, 0.2) is 0 Å². The van der Waals surface area contributed by atoms with E-state index in [0.29, 0.717) is 4.34 Å². The number of thiophene rings is 1. The number of hydrogen-bond donors (Lipinski definition) is 2. The summed E-state index contributed by atoms with van der Waals surface area (Å²) in [6, 6.07) is 2.90. The van der Waals surface area contributed by atoms with Gasteiger partial charge in [-0.1, -0.05) is 11.6 Å². The first kappa shape index (κ1) is 16.7. The van der Waals surface area contributed by atoms with E-state index in [-0.39, 0.29) is 25.7 Å². The number of urea groups is 1. The zero-order chi connectivity index (χ0) is 15.1. The minimum absolute atomic E-state index is 0.215. The Morgan fingerprint density at radius 3 is 2.75 bits per heavy atom. The summed E-state index contributed by atoms with van der Waals surface area (Å²) in [5, 5.41) is 11.6. The zero-order valence-electron chi connectivity index (χ0n) is 11.3. The van der Waals surface area contributed by atoms with E-state index in [2.05, 4.69) is 5.32 Å². The molecule has 0 spiro atoms. The van der Waals surface area contributed by atoms with Gasteiger partial charge >= 0.3 is 12.0 Å². The summed E-state index contributed by atoms with van der Waals surface area (Å²) in [6.45, 7) is 1.94. The highest BCUT2D eigenvalue weighted by Gasteiger charge is 2.19. The summed E-state index contributed by atoms with van der Waals surface area (Å²) in [6.07, 6.45) is 0. The van der Waals surface area contributed by atoms with Gasteiger partial charge in [0, 0.05) is 18.5 Å². The van der Waals surface area contributed by atoms with Crippen molar-refractivity contribution >= 4 is 34.9 Å². The van der Waals surface area contributed by atoms with Crippen molar-refractivity contribution in [2.45, 2.75) is 13.0 Å². The molecular formula is C12H17ClN2O4S. The van der Waals surface area contributed by atoms with Crippen molar-refractivity contribution in [3.63, 3.8) is 0 Å². The molecule has 0 saturated carbocycles. The number of halogens is 1. The first-order valence-electron chi connectivity index (χ1n) is 5.95. The van der Waals surface area contributed by atoms with E-state index in [4.69, 9.17) is 21.4 Å². The van der Waals surface area contributed by atoms with Crippen molar-refractivity contribution in [1.29, 1.82) is 0 Å². The van der Waals surface area contributed by atoms with Crippen LogP contribution in [0.5, 0.6) is 0 Å². The second-order valence-corrected chi connectivity index (χ2v) is 5.87. The van der Waals surface area contributed by atoms with Crippen molar-refractivity contribution in [2.75, 3.05) is 26.8 Å². The number of carbonyl (C=O) groups excluding carboxylic acids is 1. The average Bonchev–Trinajstić information content (AvgIpc) is 2.80. The van der Waals surface area contributed by atoms with Crippen molar-refractivity contribution in [1.82, 2.24) is 10.2 Å². The Labute approximate surface area is 126 Å². The highest BCUT2D eigenvalue weighted by atomic mass is 35.5. The Kier molecular flexibility index (Phi) is 6.77. The van der Waals surface area contributed by atoms with Gasteiger partial charge in [0.25, 0.3) is 0 Å². The van der Waals surface area contributed by atoms with Crippen molar-refractivity contribution in [2.24, 2.45) is 0 Å². The molecule has 0 fully saturated rings. The zero-order valence-corrected chi connectivity index (χ0v) is 12.8. The van der Waals surface area contributed by atoms with Crippen LogP contribution < -0.4 is 5.32 Å². The lowest BCUT2D eigenvalue weighted by Crippen LogP contribution is -2.44. The fourth-order valence-corrected chi connectivity index (χ4v) is 2.59. The molecule has 1 heterocycles. The topological polar surface area (TPSA) is 78.9 Å².